The summed E-state index contributed by atoms with van der Waals surface area (Å²) in [6, 6.07) is 14.1. The minimum Gasteiger partial charge on any atom is -0.497 e. The molecule has 0 saturated carbocycles. The molecule has 0 heterocycles. The van der Waals surface area contributed by atoms with Crippen LogP contribution in [0.2, 0.25) is 0 Å². The molecule has 2 aromatic rings. The molecule has 3 nitrogen and oxygen atoms in total. The number of hydrogen-bond donors (Lipinski definition) is 2. The van der Waals surface area contributed by atoms with Gasteiger partial charge in [0.05, 0.1) is 7.11 Å². The van der Waals surface area contributed by atoms with E-state index in [-0.39, 0.29) is 11.9 Å². The number of rotatable bonds is 5. The molecule has 0 aromatic heterocycles. The van der Waals surface area contributed by atoms with Crippen LogP contribution in [-0.4, -0.2) is 7.11 Å². The number of hydrazine groups is 1. The van der Waals surface area contributed by atoms with Crippen molar-refractivity contribution < 1.29 is 9.13 Å². The zero-order chi connectivity index (χ0) is 13.7. The van der Waals surface area contributed by atoms with E-state index in [2.05, 4.69) is 5.43 Å². The van der Waals surface area contributed by atoms with Crippen LogP contribution in [0.3, 0.4) is 0 Å². The van der Waals surface area contributed by atoms with Gasteiger partial charge in [-0.3, -0.25) is 11.3 Å². The Kier molecular flexibility index (Phi) is 4.49. The summed E-state index contributed by atoms with van der Waals surface area (Å²) < 4.78 is 18.0. The number of nitrogens with two attached hydrogens (primary N) is 1. The van der Waals surface area contributed by atoms with E-state index in [1.54, 1.807) is 19.2 Å². The van der Waals surface area contributed by atoms with Crippen molar-refractivity contribution in [3.8, 4) is 5.75 Å². The van der Waals surface area contributed by atoms with Crippen LogP contribution in [0.1, 0.15) is 17.2 Å². The van der Waals surface area contributed by atoms with Crippen LogP contribution in [-0.2, 0) is 6.42 Å². The molecule has 0 bridgehead atoms. The zero-order valence-corrected chi connectivity index (χ0v) is 10.8. The molecule has 4 heteroatoms. The lowest BCUT2D eigenvalue weighted by Crippen LogP contribution is -2.29. The molecule has 1 unspecified atom stereocenters. The summed E-state index contributed by atoms with van der Waals surface area (Å²) in [7, 11) is 1.63. The monoisotopic (exact) mass is 260 g/mol. The van der Waals surface area contributed by atoms with Gasteiger partial charge in [0.15, 0.2) is 0 Å². The second kappa shape index (κ2) is 6.31. The first-order valence-electron chi connectivity index (χ1n) is 6.07. The maximum absolute atomic E-state index is 12.9. The molecule has 0 radical (unpaired) electrons. The quantitative estimate of drug-likeness (QED) is 0.641. The molecule has 0 amide bonds. The van der Waals surface area contributed by atoms with Gasteiger partial charge < -0.3 is 4.74 Å². The van der Waals surface area contributed by atoms with Crippen molar-refractivity contribution in [3.05, 3.63) is 65.5 Å². The van der Waals surface area contributed by atoms with E-state index in [1.807, 2.05) is 24.3 Å². The van der Waals surface area contributed by atoms with Gasteiger partial charge in [-0.05, 0) is 41.8 Å². The van der Waals surface area contributed by atoms with Crippen molar-refractivity contribution in [3.63, 3.8) is 0 Å². The molecule has 3 N–H and O–H groups in total. The number of ether oxygens (including phenoxy) is 1. The lowest BCUT2D eigenvalue weighted by molar-refractivity contribution is 0.414. The highest BCUT2D eigenvalue weighted by Crippen LogP contribution is 2.20. The van der Waals surface area contributed by atoms with Crippen LogP contribution in [0.5, 0.6) is 5.75 Å². The van der Waals surface area contributed by atoms with Crippen LogP contribution in [0.25, 0.3) is 0 Å². The molecule has 100 valence electrons. The SMILES string of the molecule is COc1ccc(C(Cc2ccc(F)cc2)NN)cc1. The van der Waals surface area contributed by atoms with Gasteiger partial charge in [0.25, 0.3) is 0 Å². The van der Waals surface area contributed by atoms with E-state index < -0.39 is 0 Å². The van der Waals surface area contributed by atoms with Gasteiger partial charge in [-0.25, -0.2) is 4.39 Å². The third kappa shape index (κ3) is 3.53. The fourth-order valence-electron chi connectivity index (χ4n) is 1.97. The van der Waals surface area contributed by atoms with Crippen molar-refractivity contribution in [2.75, 3.05) is 7.11 Å². The maximum Gasteiger partial charge on any atom is 0.123 e. The molecule has 0 spiro atoms. The maximum atomic E-state index is 12.9. The van der Waals surface area contributed by atoms with Gasteiger partial charge in [-0.15, -0.1) is 0 Å². The van der Waals surface area contributed by atoms with Crippen LogP contribution >= 0.6 is 0 Å². The summed E-state index contributed by atoms with van der Waals surface area (Å²) in [6.07, 6.45) is 0.698. The van der Waals surface area contributed by atoms with E-state index in [4.69, 9.17) is 10.6 Å². The normalized spacial score (nSPS) is 12.2. The van der Waals surface area contributed by atoms with Crippen molar-refractivity contribution in [1.82, 2.24) is 5.43 Å². The number of halogens is 1. The standard InChI is InChI=1S/C15H17FN2O/c1-19-14-8-4-12(5-9-14)15(18-17)10-11-2-6-13(16)7-3-11/h2-9,15,18H,10,17H2,1H3. The molecule has 2 aromatic carbocycles. The highest BCUT2D eigenvalue weighted by molar-refractivity contribution is 5.30. The lowest BCUT2D eigenvalue weighted by atomic mass is 9.99. The Morgan fingerprint density at radius 3 is 2.26 bits per heavy atom. The van der Waals surface area contributed by atoms with Crippen LogP contribution in [0.15, 0.2) is 48.5 Å². The fourth-order valence-corrected chi connectivity index (χ4v) is 1.97. The molecule has 0 aliphatic carbocycles. The first kappa shape index (κ1) is 13.5. The van der Waals surface area contributed by atoms with Crippen LogP contribution in [0.4, 0.5) is 4.39 Å². The van der Waals surface area contributed by atoms with Gasteiger partial charge >= 0.3 is 0 Å². The molecule has 1 atom stereocenters. The van der Waals surface area contributed by atoms with Crippen LogP contribution < -0.4 is 16.0 Å². The van der Waals surface area contributed by atoms with E-state index in [0.29, 0.717) is 6.42 Å². The number of hydrogen-bond acceptors (Lipinski definition) is 3. The van der Waals surface area contributed by atoms with E-state index in [9.17, 15) is 4.39 Å². The summed E-state index contributed by atoms with van der Waals surface area (Å²) in [5, 5.41) is 0. The first-order chi connectivity index (χ1) is 9.22. The Labute approximate surface area is 112 Å². The number of nitrogens with one attached hydrogen (secondary N) is 1. The van der Waals surface area contributed by atoms with Crippen molar-refractivity contribution >= 4 is 0 Å². The third-order valence-electron chi connectivity index (χ3n) is 3.07. The average Bonchev–Trinajstić information content (AvgIpc) is 2.47. The molecule has 0 fully saturated rings. The Hall–Kier alpha value is -1.91. The zero-order valence-electron chi connectivity index (χ0n) is 10.8. The topological polar surface area (TPSA) is 47.3 Å². The van der Waals surface area contributed by atoms with Gasteiger partial charge in [0.1, 0.15) is 11.6 Å². The Bertz CT molecular complexity index is 511. The minimum atomic E-state index is -0.231. The number of benzene rings is 2. The predicted octanol–water partition coefficient (Wildman–Crippen LogP) is 2.58. The number of methoxy groups -OCH3 is 1. The lowest BCUT2D eigenvalue weighted by Gasteiger charge is -2.16. The molecule has 2 rings (SSSR count). The van der Waals surface area contributed by atoms with Gasteiger partial charge in [0.2, 0.25) is 0 Å². The highest BCUT2D eigenvalue weighted by Gasteiger charge is 2.10. The first-order valence-corrected chi connectivity index (χ1v) is 6.07. The highest BCUT2D eigenvalue weighted by atomic mass is 19.1. The summed E-state index contributed by atoms with van der Waals surface area (Å²) in [6.45, 7) is 0. The fraction of sp³-hybridized carbons (Fsp3) is 0.200. The second-order valence-electron chi connectivity index (χ2n) is 4.32. The van der Waals surface area contributed by atoms with Crippen molar-refractivity contribution in [2.24, 2.45) is 5.84 Å². The summed E-state index contributed by atoms with van der Waals surface area (Å²) >= 11 is 0. The second-order valence-corrected chi connectivity index (χ2v) is 4.32. The molecule has 0 aliphatic heterocycles. The van der Waals surface area contributed by atoms with Gasteiger partial charge in [-0.2, -0.15) is 0 Å². The predicted molar refractivity (Wildman–Crippen MR) is 73.2 cm³/mol. The molecular formula is C15H17FN2O. The summed E-state index contributed by atoms with van der Waals surface area (Å²) in [4.78, 5) is 0. The Morgan fingerprint density at radius 2 is 1.74 bits per heavy atom. The molecule has 0 saturated heterocycles. The van der Waals surface area contributed by atoms with Gasteiger partial charge in [-0.1, -0.05) is 24.3 Å². The van der Waals surface area contributed by atoms with Crippen molar-refractivity contribution in [1.29, 1.82) is 0 Å². The average molecular weight is 260 g/mol. The smallest absolute Gasteiger partial charge is 0.123 e. The summed E-state index contributed by atoms with van der Waals surface area (Å²) in [5.41, 5.74) is 4.87. The summed E-state index contributed by atoms with van der Waals surface area (Å²) in [5.74, 6) is 6.17. The molecular weight excluding hydrogens is 243 g/mol. The van der Waals surface area contributed by atoms with Gasteiger partial charge in [0, 0.05) is 6.04 Å². The molecule has 0 aliphatic rings. The Balaban J connectivity index is 2.12. The largest absolute Gasteiger partial charge is 0.497 e. The van der Waals surface area contributed by atoms with E-state index >= 15 is 0 Å². The van der Waals surface area contributed by atoms with Crippen LogP contribution in [0, 0.1) is 5.82 Å². The Morgan fingerprint density at radius 1 is 1.11 bits per heavy atom. The van der Waals surface area contributed by atoms with Crippen molar-refractivity contribution in [2.45, 2.75) is 12.5 Å². The van der Waals surface area contributed by atoms with E-state index in [0.717, 1.165) is 16.9 Å². The molecule has 19 heavy (non-hydrogen) atoms. The third-order valence-corrected chi connectivity index (χ3v) is 3.07. The minimum absolute atomic E-state index is 0.0173. The van der Waals surface area contributed by atoms with E-state index in [1.165, 1.54) is 12.1 Å².